The molecule has 1 saturated heterocycles. The Hall–Kier alpha value is -1.34. The summed E-state index contributed by atoms with van der Waals surface area (Å²) >= 11 is 0. The molecule has 1 fully saturated rings. The van der Waals surface area contributed by atoms with Gasteiger partial charge >= 0.3 is 12.0 Å². The molecule has 1 unspecified atom stereocenters. The zero-order chi connectivity index (χ0) is 14.3. The van der Waals surface area contributed by atoms with Gasteiger partial charge in [0.05, 0.1) is 12.5 Å². The maximum atomic E-state index is 12.0. The van der Waals surface area contributed by atoms with E-state index in [1.165, 1.54) is 7.11 Å². The van der Waals surface area contributed by atoms with Crippen molar-refractivity contribution in [1.29, 1.82) is 0 Å². The second kappa shape index (κ2) is 7.96. The topological polar surface area (TPSA) is 82.1 Å². The number of aliphatic carboxylic acids is 1. The van der Waals surface area contributed by atoms with Crippen LogP contribution in [-0.4, -0.2) is 79.9 Å². The smallest absolute Gasteiger partial charge is 0.317 e. The van der Waals surface area contributed by atoms with Gasteiger partial charge in [-0.25, -0.2) is 4.79 Å². The molecule has 0 aromatic carbocycles. The molecule has 19 heavy (non-hydrogen) atoms. The van der Waals surface area contributed by atoms with Gasteiger partial charge in [-0.2, -0.15) is 0 Å². The van der Waals surface area contributed by atoms with Crippen molar-refractivity contribution in [1.82, 2.24) is 15.1 Å². The fourth-order valence-corrected chi connectivity index (χ4v) is 2.00. The van der Waals surface area contributed by atoms with Gasteiger partial charge in [0, 0.05) is 33.3 Å². The zero-order valence-electron chi connectivity index (χ0n) is 11.6. The number of carbonyl (C=O) groups is 2. The fourth-order valence-electron chi connectivity index (χ4n) is 2.00. The van der Waals surface area contributed by atoms with Crippen molar-refractivity contribution >= 4 is 12.0 Å². The highest BCUT2D eigenvalue weighted by Crippen LogP contribution is 2.02. The van der Waals surface area contributed by atoms with E-state index in [2.05, 4.69) is 10.2 Å². The number of amides is 2. The third kappa shape index (κ3) is 5.89. The molecule has 1 atom stereocenters. The molecular weight excluding hydrogens is 250 g/mol. The Balaban J connectivity index is 2.34. The minimum Gasteiger partial charge on any atom is -0.481 e. The van der Waals surface area contributed by atoms with Gasteiger partial charge in [0.15, 0.2) is 0 Å². The van der Waals surface area contributed by atoms with Gasteiger partial charge in [-0.1, -0.05) is 0 Å². The zero-order valence-corrected chi connectivity index (χ0v) is 11.6. The molecule has 0 aromatic heterocycles. The van der Waals surface area contributed by atoms with Crippen molar-refractivity contribution in [3.05, 3.63) is 0 Å². The third-order valence-corrected chi connectivity index (χ3v) is 3.22. The summed E-state index contributed by atoms with van der Waals surface area (Å²) < 4.78 is 5.02. The quantitative estimate of drug-likeness (QED) is 0.726. The van der Waals surface area contributed by atoms with Crippen LogP contribution in [0.3, 0.4) is 0 Å². The molecule has 1 rings (SSSR count). The minimum absolute atomic E-state index is 0.112. The number of carboxylic acids is 1. The number of nitrogens with zero attached hydrogens (tertiary/aromatic N) is 2. The number of hydrogen-bond acceptors (Lipinski definition) is 4. The third-order valence-electron chi connectivity index (χ3n) is 3.22. The van der Waals surface area contributed by atoms with Crippen LogP contribution in [0.2, 0.25) is 0 Å². The van der Waals surface area contributed by atoms with Gasteiger partial charge < -0.3 is 25.0 Å². The molecule has 0 aliphatic carbocycles. The largest absolute Gasteiger partial charge is 0.481 e. The first kappa shape index (κ1) is 15.7. The number of ether oxygens (including phenoxy) is 1. The number of hydrogen-bond donors (Lipinski definition) is 2. The van der Waals surface area contributed by atoms with Gasteiger partial charge in [0.1, 0.15) is 0 Å². The van der Waals surface area contributed by atoms with Crippen molar-refractivity contribution in [2.45, 2.75) is 18.9 Å². The molecule has 0 bridgehead atoms. The number of rotatable bonds is 5. The number of nitrogens with one attached hydrogen (secondary N) is 1. The van der Waals surface area contributed by atoms with Crippen molar-refractivity contribution in [3.63, 3.8) is 0 Å². The summed E-state index contributed by atoms with van der Waals surface area (Å²) in [5.74, 6) is -0.933. The maximum absolute atomic E-state index is 12.0. The van der Waals surface area contributed by atoms with Crippen molar-refractivity contribution in [2.75, 3.05) is 46.9 Å². The van der Waals surface area contributed by atoms with Crippen molar-refractivity contribution < 1.29 is 19.4 Å². The SMILES string of the molecule is COC(CNC(=O)N1CCCN(C)CC1)CC(=O)O. The molecule has 2 amide bonds. The van der Waals surface area contributed by atoms with Crippen molar-refractivity contribution in [2.24, 2.45) is 0 Å². The molecular formula is C12H23N3O4. The molecule has 0 spiro atoms. The molecule has 0 saturated carbocycles. The van der Waals surface area contributed by atoms with Crippen LogP contribution in [0.15, 0.2) is 0 Å². The summed E-state index contributed by atoms with van der Waals surface area (Å²) in [7, 11) is 3.48. The van der Waals surface area contributed by atoms with E-state index in [-0.39, 0.29) is 19.0 Å². The Kier molecular flexibility index (Phi) is 6.58. The Morgan fingerprint density at radius 2 is 2.05 bits per heavy atom. The molecule has 7 nitrogen and oxygen atoms in total. The van der Waals surface area contributed by atoms with Gasteiger partial charge in [0.2, 0.25) is 0 Å². The molecule has 7 heteroatoms. The molecule has 1 aliphatic rings. The Morgan fingerprint density at radius 3 is 2.68 bits per heavy atom. The van der Waals surface area contributed by atoms with Crippen LogP contribution in [-0.2, 0) is 9.53 Å². The Labute approximate surface area is 113 Å². The predicted octanol–water partition coefficient (Wildman–Crippen LogP) is -0.177. The summed E-state index contributed by atoms with van der Waals surface area (Å²) in [6, 6.07) is -0.150. The normalized spacial score (nSPS) is 18.7. The van der Waals surface area contributed by atoms with Gasteiger partial charge in [-0.3, -0.25) is 4.79 Å². The number of carboxylic acid groups (broad SMARTS) is 1. The highest BCUT2D eigenvalue weighted by atomic mass is 16.5. The average molecular weight is 273 g/mol. The highest BCUT2D eigenvalue weighted by Gasteiger charge is 2.19. The van der Waals surface area contributed by atoms with E-state index in [9.17, 15) is 9.59 Å². The fraction of sp³-hybridized carbons (Fsp3) is 0.833. The summed E-state index contributed by atoms with van der Waals surface area (Å²) in [5.41, 5.74) is 0. The molecule has 1 heterocycles. The second-order valence-corrected chi connectivity index (χ2v) is 4.79. The minimum atomic E-state index is -0.933. The van der Waals surface area contributed by atoms with Crippen LogP contribution < -0.4 is 5.32 Å². The lowest BCUT2D eigenvalue weighted by atomic mass is 10.2. The lowest BCUT2D eigenvalue weighted by Crippen LogP contribution is -2.44. The molecule has 0 radical (unpaired) electrons. The van der Waals surface area contributed by atoms with E-state index in [0.29, 0.717) is 6.54 Å². The lowest BCUT2D eigenvalue weighted by Gasteiger charge is -2.22. The Morgan fingerprint density at radius 1 is 1.32 bits per heavy atom. The van der Waals surface area contributed by atoms with E-state index < -0.39 is 12.1 Å². The van der Waals surface area contributed by atoms with E-state index in [0.717, 1.165) is 26.1 Å². The summed E-state index contributed by atoms with van der Waals surface area (Å²) in [4.78, 5) is 26.5. The van der Waals surface area contributed by atoms with Crippen LogP contribution in [0.25, 0.3) is 0 Å². The van der Waals surface area contributed by atoms with Gasteiger partial charge in [0.25, 0.3) is 0 Å². The number of methoxy groups -OCH3 is 1. The van der Waals surface area contributed by atoms with E-state index in [4.69, 9.17) is 9.84 Å². The number of carbonyl (C=O) groups excluding carboxylic acids is 1. The molecule has 1 aliphatic heterocycles. The van der Waals surface area contributed by atoms with Crippen LogP contribution >= 0.6 is 0 Å². The van der Waals surface area contributed by atoms with Crippen LogP contribution in [0.4, 0.5) is 4.79 Å². The van der Waals surface area contributed by atoms with E-state index >= 15 is 0 Å². The van der Waals surface area contributed by atoms with Gasteiger partial charge in [-0.15, -0.1) is 0 Å². The second-order valence-electron chi connectivity index (χ2n) is 4.79. The maximum Gasteiger partial charge on any atom is 0.317 e. The first-order chi connectivity index (χ1) is 9.02. The van der Waals surface area contributed by atoms with Crippen LogP contribution in [0.1, 0.15) is 12.8 Å². The van der Waals surface area contributed by atoms with Crippen LogP contribution in [0.5, 0.6) is 0 Å². The predicted molar refractivity (Wildman–Crippen MR) is 70.1 cm³/mol. The van der Waals surface area contributed by atoms with Gasteiger partial charge in [-0.05, 0) is 20.0 Å². The number of urea groups is 1. The lowest BCUT2D eigenvalue weighted by molar-refractivity contribution is -0.139. The molecule has 110 valence electrons. The first-order valence-corrected chi connectivity index (χ1v) is 6.49. The monoisotopic (exact) mass is 273 g/mol. The van der Waals surface area contributed by atoms with Crippen LogP contribution in [0, 0.1) is 0 Å². The highest BCUT2D eigenvalue weighted by molar-refractivity contribution is 5.74. The molecule has 0 aromatic rings. The number of likely N-dealkylation sites (N-methyl/N-ethyl adjacent to an activating group) is 1. The van der Waals surface area contributed by atoms with E-state index in [1.807, 2.05) is 7.05 Å². The summed E-state index contributed by atoms with van der Waals surface area (Å²) in [6.45, 7) is 3.49. The summed E-state index contributed by atoms with van der Waals surface area (Å²) in [5, 5.41) is 11.4. The molecule has 2 N–H and O–H groups in total. The standard InChI is InChI=1S/C12H23N3O4/c1-14-4-3-5-15(7-6-14)12(18)13-9-10(19-2)8-11(16)17/h10H,3-9H2,1-2H3,(H,13,18)(H,16,17). The first-order valence-electron chi connectivity index (χ1n) is 6.49. The Bertz CT molecular complexity index is 311. The van der Waals surface area contributed by atoms with E-state index in [1.54, 1.807) is 4.90 Å². The summed E-state index contributed by atoms with van der Waals surface area (Å²) in [6.07, 6.45) is 0.350. The average Bonchev–Trinajstić information content (AvgIpc) is 2.58. The van der Waals surface area contributed by atoms with Crippen molar-refractivity contribution in [3.8, 4) is 0 Å².